The van der Waals surface area contributed by atoms with Crippen LogP contribution in [-0.2, 0) is 6.42 Å². The molecule has 146 valence electrons. The fourth-order valence-electron chi connectivity index (χ4n) is 3.73. The standard InChI is InChI=1S/C23H23N5S/c1-2-17-8-9-19-21(14-17)29-23(26-19)28-12-10-27(11-13-28)22-15-20(24-16-25-22)18-6-4-3-5-7-18/h3-9,14-16H,2,10-13H2,1H3. The van der Waals surface area contributed by atoms with Crippen LogP contribution < -0.4 is 9.80 Å². The largest absolute Gasteiger partial charge is 0.353 e. The number of aryl methyl sites for hydroxylation is 1. The summed E-state index contributed by atoms with van der Waals surface area (Å²) in [6, 6.07) is 19.0. The van der Waals surface area contributed by atoms with Gasteiger partial charge in [0.15, 0.2) is 5.13 Å². The van der Waals surface area contributed by atoms with E-state index in [9.17, 15) is 0 Å². The van der Waals surface area contributed by atoms with Crippen molar-refractivity contribution in [3.8, 4) is 11.3 Å². The van der Waals surface area contributed by atoms with Gasteiger partial charge in [0.1, 0.15) is 12.1 Å². The summed E-state index contributed by atoms with van der Waals surface area (Å²) in [4.78, 5) is 18.6. The minimum atomic E-state index is 0.932. The Bertz CT molecular complexity index is 1120. The molecule has 1 fully saturated rings. The molecule has 0 bridgehead atoms. The van der Waals surface area contributed by atoms with Crippen LogP contribution in [0.4, 0.5) is 10.9 Å². The average molecular weight is 402 g/mol. The molecular weight excluding hydrogens is 378 g/mol. The van der Waals surface area contributed by atoms with E-state index in [-0.39, 0.29) is 0 Å². The van der Waals surface area contributed by atoms with Crippen molar-refractivity contribution >= 4 is 32.5 Å². The molecule has 0 amide bonds. The molecule has 0 atom stereocenters. The molecule has 5 rings (SSSR count). The van der Waals surface area contributed by atoms with E-state index >= 15 is 0 Å². The van der Waals surface area contributed by atoms with Crippen LogP contribution in [0.1, 0.15) is 12.5 Å². The van der Waals surface area contributed by atoms with Gasteiger partial charge in [0, 0.05) is 37.8 Å². The van der Waals surface area contributed by atoms with Crippen molar-refractivity contribution in [2.24, 2.45) is 0 Å². The van der Waals surface area contributed by atoms with Gasteiger partial charge in [-0.25, -0.2) is 15.0 Å². The third-order valence-electron chi connectivity index (χ3n) is 5.45. The molecule has 0 radical (unpaired) electrons. The van der Waals surface area contributed by atoms with Gasteiger partial charge in [0.25, 0.3) is 0 Å². The van der Waals surface area contributed by atoms with Gasteiger partial charge in [-0.3, -0.25) is 0 Å². The first-order valence-electron chi connectivity index (χ1n) is 10.1. The maximum atomic E-state index is 4.86. The molecule has 0 spiro atoms. The lowest BCUT2D eigenvalue weighted by Crippen LogP contribution is -2.46. The SMILES string of the molecule is CCc1ccc2nc(N3CCN(c4cc(-c5ccccc5)ncn4)CC3)sc2c1. The first-order chi connectivity index (χ1) is 14.3. The third kappa shape index (κ3) is 3.68. The van der Waals surface area contributed by atoms with Crippen LogP contribution in [0, 0.1) is 0 Å². The number of benzene rings is 2. The fourth-order valence-corrected chi connectivity index (χ4v) is 4.81. The second-order valence-electron chi connectivity index (χ2n) is 7.25. The highest BCUT2D eigenvalue weighted by Crippen LogP contribution is 2.31. The number of fused-ring (bicyclic) bond motifs is 1. The number of hydrogen-bond donors (Lipinski definition) is 0. The zero-order valence-corrected chi connectivity index (χ0v) is 17.3. The molecule has 0 saturated carbocycles. The second-order valence-corrected chi connectivity index (χ2v) is 8.26. The van der Waals surface area contributed by atoms with Crippen molar-refractivity contribution in [2.45, 2.75) is 13.3 Å². The Morgan fingerprint density at radius 3 is 2.48 bits per heavy atom. The third-order valence-corrected chi connectivity index (χ3v) is 6.53. The molecule has 2 aromatic heterocycles. The van der Waals surface area contributed by atoms with Gasteiger partial charge in [-0.05, 0) is 24.1 Å². The van der Waals surface area contributed by atoms with Crippen molar-refractivity contribution in [1.29, 1.82) is 0 Å². The molecule has 0 aliphatic carbocycles. The lowest BCUT2D eigenvalue weighted by molar-refractivity contribution is 0.646. The molecule has 29 heavy (non-hydrogen) atoms. The number of piperazine rings is 1. The zero-order chi connectivity index (χ0) is 19.6. The second kappa shape index (κ2) is 7.79. The number of aromatic nitrogens is 3. The summed E-state index contributed by atoms with van der Waals surface area (Å²) in [5.74, 6) is 0.996. The Balaban J connectivity index is 1.31. The van der Waals surface area contributed by atoms with Crippen molar-refractivity contribution in [1.82, 2.24) is 15.0 Å². The van der Waals surface area contributed by atoms with E-state index in [2.05, 4.69) is 63.1 Å². The van der Waals surface area contributed by atoms with E-state index in [0.29, 0.717) is 0 Å². The van der Waals surface area contributed by atoms with Gasteiger partial charge in [-0.2, -0.15) is 0 Å². The number of rotatable bonds is 4. The quantitative estimate of drug-likeness (QED) is 0.498. The molecule has 2 aromatic carbocycles. The molecular formula is C23H23N5S. The Morgan fingerprint density at radius 1 is 0.897 bits per heavy atom. The van der Waals surface area contributed by atoms with Crippen LogP contribution in [0.5, 0.6) is 0 Å². The fraction of sp³-hybridized carbons (Fsp3) is 0.261. The Morgan fingerprint density at radius 2 is 1.69 bits per heavy atom. The number of nitrogens with zero attached hydrogens (tertiary/aromatic N) is 5. The van der Waals surface area contributed by atoms with Crippen LogP contribution in [0.3, 0.4) is 0 Å². The maximum Gasteiger partial charge on any atom is 0.186 e. The van der Waals surface area contributed by atoms with Crippen LogP contribution in [0.25, 0.3) is 21.5 Å². The maximum absolute atomic E-state index is 4.86. The molecule has 1 aliphatic rings. The van der Waals surface area contributed by atoms with Gasteiger partial charge in [0.05, 0.1) is 15.9 Å². The van der Waals surface area contributed by atoms with Gasteiger partial charge in [-0.15, -0.1) is 0 Å². The molecule has 0 unspecified atom stereocenters. The van der Waals surface area contributed by atoms with Gasteiger partial charge >= 0.3 is 0 Å². The van der Waals surface area contributed by atoms with Gasteiger partial charge in [-0.1, -0.05) is 54.7 Å². The lowest BCUT2D eigenvalue weighted by atomic mass is 10.1. The highest BCUT2D eigenvalue weighted by atomic mass is 32.1. The Hall–Kier alpha value is -2.99. The van der Waals surface area contributed by atoms with E-state index in [4.69, 9.17) is 4.98 Å². The van der Waals surface area contributed by atoms with E-state index in [1.54, 1.807) is 17.7 Å². The summed E-state index contributed by atoms with van der Waals surface area (Å²) >= 11 is 1.80. The zero-order valence-electron chi connectivity index (χ0n) is 16.5. The summed E-state index contributed by atoms with van der Waals surface area (Å²) in [6.07, 6.45) is 2.73. The number of anilines is 2. The molecule has 5 nitrogen and oxygen atoms in total. The Kier molecular flexibility index (Phi) is 4.86. The molecule has 4 aromatic rings. The van der Waals surface area contributed by atoms with E-state index < -0.39 is 0 Å². The minimum absolute atomic E-state index is 0.932. The normalized spacial score (nSPS) is 14.5. The summed E-state index contributed by atoms with van der Waals surface area (Å²) < 4.78 is 1.28. The van der Waals surface area contributed by atoms with Crippen LogP contribution >= 0.6 is 11.3 Å². The summed E-state index contributed by atoms with van der Waals surface area (Å²) in [5.41, 5.74) is 4.56. The number of thiazole rings is 1. The topological polar surface area (TPSA) is 45.2 Å². The highest BCUT2D eigenvalue weighted by molar-refractivity contribution is 7.22. The molecule has 0 N–H and O–H groups in total. The minimum Gasteiger partial charge on any atom is -0.353 e. The lowest BCUT2D eigenvalue weighted by Gasteiger charge is -2.35. The predicted octanol–water partition coefficient (Wildman–Crippen LogP) is 4.64. The van der Waals surface area contributed by atoms with Crippen molar-refractivity contribution in [3.63, 3.8) is 0 Å². The average Bonchev–Trinajstić information content (AvgIpc) is 3.23. The van der Waals surface area contributed by atoms with E-state index in [1.165, 1.54) is 10.3 Å². The first-order valence-corrected chi connectivity index (χ1v) is 10.9. The molecule has 1 aliphatic heterocycles. The molecule has 3 heterocycles. The van der Waals surface area contributed by atoms with E-state index in [1.807, 2.05) is 18.2 Å². The predicted molar refractivity (Wildman–Crippen MR) is 121 cm³/mol. The number of hydrogen-bond acceptors (Lipinski definition) is 6. The first kappa shape index (κ1) is 18.1. The van der Waals surface area contributed by atoms with Crippen molar-refractivity contribution < 1.29 is 0 Å². The summed E-state index contributed by atoms with van der Waals surface area (Å²) in [6.45, 7) is 5.96. The molecule has 1 saturated heterocycles. The van der Waals surface area contributed by atoms with E-state index in [0.717, 1.165) is 60.3 Å². The van der Waals surface area contributed by atoms with Crippen molar-refractivity contribution in [2.75, 3.05) is 36.0 Å². The summed E-state index contributed by atoms with van der Waals surface area (Å²) in [7, 11) is 0. The van der Waals surface area contributed by atoms with Gasteiger partial charge < -0.3 is 9.80 Å². The summed E-state index contributed by atoms with van der Waals surface area (Å²) in [5, 5.41) is 1.13. The Labute approximate surface area is 174 Å². The van der Waals surface area contributed by atoms with Crippen LogP contribution in [0.15, 0.2) is 60.9 Å². The smallest absolute Gasteiger partial charge is 0.186 e. The molecule has 6 heteroatoms. The highest BCUT2D eigenvalue weighted by Gasteiger charge is 2.21. The monoisotopic (exact) mass is 401 g/mol. The van der Waals surface area contributed by atoms with Crippen molar-refractivity contribution in [3.05, 3.63) is 66.5 Å². The van der Waals surface area contributed by atoms with Crippen LogP contribution in [-0.4, -0.2) is 41.1 Å². The van der Waals surface area contributed by atoms with Gasteiger partial charge in [0.2, 0.25) is 0 Å². The van der Waals surface area contributed by atoms with Crippen LogP contribution in [0.2, 0.25) is 0 Å².